The molecule has 0 atom stereocenters. The van der Waals surface area contributed by atoms with E-state index in [1.807, 2.05) is 63.2 Å². The molecule has 0 spiro atoms. The molecule has 152 valence electrons. The molecule has 2 aromatic heterocycles. The van der Waals surface area contributed by atoms with Gasteiger partial charge in [-0.05, 0) is 56.2 Å². The van der Waals surface area contributed by atoms with Gasteiger partial charge in [-0.2, -0.15) is 0 Å². The molecule has 2 heterocycles. The number of nitrogens with one attached hydrogen (secondary N) is 1. The number of nitrogens with zero attached hydrogens (tertiary/aromatic N) is 2. The van der Waals surface area contributed by atoms with Crippen LogP contribution in [0, 0.1) is 25.5 Å². The van der Waals surface area contributed by atoms with Crippen LogP contribution in [0.4, 0.5) is 8.78 Å². The predicted octanol–water partition coefficient (Wildman–Crippen LogP) is 5.97. The summed E-state index contributed by atoms with van der Waals surface area (Å²) in [6.45, 7) is 5.77. The minimum absolute atomic E-state index is 0.106. The molecule has 0 aliphatic carbocycles. The zero-order valence-electron chi connectivity index (χ0n) is 16.7. The van der Waals surface area contributed by atoms with Crippen LogP contribution in [0.1, 0.15) is 28.7 Å². The van der Waals surface area contributed by atoms with Crippen molar-refractivity contribution in [3.05, 3.63) is 85.9 Å². The van der Waals surface area contributed by atoms with Crippen LogP contribution in [-0.4, -0.2) is 14.5 Å². The van der Waals surface area contributed by atoms with Crippen molar-refractivity contribution in [1.82, 2.24) is 14.5 Å². The Morgan fingerprint density at radius 2 is 1.67 bits per heavy atom. The van der Waals surface area contributed by atoms with E-state index in [2.05, 4.69) is 9.97 Å². The first-order valence-electron chi connectivity index (χ1n) is 9.39. The molecule has 0 fully saturated rings. The lowest BCUT2D eigenvalue weighted by molar-refractivity contribution is 0.153. The Kier molecular flexibility index (Phi) is 5.07. The predicted molar refractivity (Wildman–Crippen MR) is 117 cm³/mol. The second-order valence-electron chi connectivity index (χ2n) is 7.35. The first-order valence-corrected chi connectivity index (χ1v) is 9.80. The van der Waals surface area contributed by atoms with Gasteiger partial charge >= 0.3 is 0 Å². The third kappa shape index (κ3) is 3.45. The highest BCUT2D eigenvalue weighted by Crippen LogP contribution is 2.31. The topological polar surface area (TPSA) is 50.7 Å². The summed E-state index contributed by atoms with van der Waals surface area (Å²) in [5.41, 5.74) is 3.71. The standard InChI is InChI=1S/C23H19F2N3OS/c1-12-5-8-15(9-6-12)17-11-16(20(24)25)19-21(26-17)28(23(30)27-22(19)29)18-10-13(2)4-7-14(18)3/h4-11,20H,1-3H3,(H,27,29,30). The number of aromatic nitrogens is 3. The summed E-state index contributed by atoms with van der Waals surface area (Å²) in [6.07, 6.45) is -2.84. The van der Waals surface area contributed by atoms with Crippen molar-refractivity contribution >= 4 is 23.3 Å². The maximum absolute atomic E-state index is 14.0. The van der Waals surface area contributed by atoms with Crippen molar-refractivity contribution in [3.8, 4) is 16.9 Å². The van der Waals surface area contributed by atoms with Gasteiger partial charge in [0.15, 0.2) is 10.4 Å². The third-order valence-corrected chi connectivity index (χ3v) is 5.37. The molecule has 4 aromatic rings. The van der Waals surface area contributed by atoms with Gasteiger partial charge < -0.3 is 0 Å². The lowest BCUT2D eigenvalue weighted by Gasteiger charge is -2.16. The van der Waals surface area contributed by atoms with Gasteiger partial charge in [0.2, 0.25) is 0 Å². The number of fused-ring (bicyclic) bond motifs is 1. The van der Waals surface area contributed by atoms with Gasteiger partial charge in [0.1, 0.15) is 0 Å². The average molecular weight is 423 g/mol. The van der Waals surface area contributed by atoms with Crippen LogP contribution < -0.4 is 5.56 Å². The smallest absolute Gasteiger partial charge is 0.264 e. The fourth-order valence-corrected chi connectivity index (χ4v) is 3.76. The number of hydrogen-bond acceptors (Lipinski definition) is 3. The number of pyridine rings is 1. The summed E-state index contributed by atoms with van der Waals surface area (Å²) in [7, 11) is 0. The first kappa shape index (κ1) is 20.1. The number of rotatable bonds is 3. The maximum Gasteiger partial charge on any atom is 0.264 e. The van der Waals surface area contributed by atoms with E-state index >= 15 is 0 Å². The van der Waals surface area contributed by atoms with Gasteiger partial charge in [0, 0.05) is 11.1 Å². The number of benzene rings is 2. The number of aromatic amines is 1. The molecule has 7 heteroatoms. The molecule has 30 heavy (non-hydrogen) atoms. The maximum atomic E-state index is 14.0. The summed E-state index contributed by atoms with van der Waals surface area (Å²) < 4.78 is 29.7. The number of aryl methyl sites for hydroxylation is 3. The first-order chi connectivity index (χ1) is 14.3. The van der Waals surface area contributed by atoms with Crippen LogP contribution in [-0.2, 0) is 0 Å². The van der Waals surface area contributed by atoms with Crippen molar-refractivity contribution in [1.29, 1.82) is 0 Å². The Balaban J connectivity index is 2.18. The SMILES string of the molecule is Cc1ccc(-c2cc(C(F)F)c3c(=O)[nH]c(=S)n(-c4cc(C)ccc4C)c3n2)cc1. The number of hydrogen-bond donors (Lipinski definition) is 1. The molecule has 1 N–H and O–H groups in total. The number of H-pyrrole nitrogens is 1. The summed E-state index contributed by atoms with van der Waals surface area (Å²) in [5, 5.41) is -0.157. The summed E-state index contributed by atoms with van der Waals surface area (Å²) >= 11 is 5.42. The van der Waals surface area contributed by atoms with E-state index in [1.54, 1.807) is 4.57 Å². The molecule has 0 bridgehead atoms. The molecular formula is C23H19F2N3OS. The van der Waals surface area contributed by atoms with Crippen LogP contribution in [0.5, 0.6) is 0 Å². The van der Waals surface area contributed by atoms with Crippen molar-refractivity contribution in [2.45, 2.75) is 27.2 Å². The second-order valence-corrected chi connectivity index (χ2v) is 7.73. The Bertz CT molecular complexity index is 1390. The van der Waals surface area contributed by atoms with E-state index in [1.165, 1.54) is 6.07 Å². The van der Waals surface area contributed by atoms with Gasteiger partial charge in [-0.3, -0.25) is 14.3 Å². The van der Waals surface area contributed by atoms with Crippen molar-refractivity contribution in [2.24, 2.45) is 0 Å². The molecule has 0 radical (unpaired) electrons. The van der Waals surface area contributed by atoms with Crippen LogP contribution >= 0.6 is 12.2 Å². The quantitative estimate of drug-likeness (QED) is 0.413. The lowest BCUT2D eigenvalue weighted by atomic mass is 10.0. The van der Waals surface area contributed by atoms with Gasteiger partial charge in [0.25, 0.3) is 12.0 Å². The molecule has 0 saturated heterocycles. The normalized spacial score (nSPS) is 11.4. The van der Waals surface area contributed by atoms with Crippen LogP contribution in [0.25, 0.3) is 28.0 Å². The third-order valence-electron chi connectivity index (χ3n) is 5.08. The molecule has 0 aliphatic rings. The van der Waals surface area contributed by atoms with Gasteiger partial charge in [-0.25, -0.2) is 13.8 Å². The van der Waals surface area contributed by atoms with E-state index in [9.17, 15) is 13.6 Å². The second kappa shape index (κ2) is 7.57. The minimum Gasteiger partial charge on any atom is -0.298 e. The van der Waals surface area contributed by atoms with Crippen LogP contribution in [0.15, 0.2) is 53.3 Å². The zero-order chi connectivity index (χ0) is 21.6. The Morgan fingerprint density at radius 3 is 2.33 bits per heavy atom. The van der Waals surface area contributed by atoms with Gasteiger partial charge in [-0.15, -0.1) is 0 Å². The summed E-state index contributed by atoms with van der Waals surface area (Å²) in [4.78, 5) is 19.8. The van der Waals surface area contributed by atoms with Crippen molar-refractivity contribution in [3.63, 3.8) is 0 Å². The fourth-order valence-electron chi connectivity index (χ4n) is 3.49. The lowest BCUT2D eigenvalue weighted by Crippen LogP contribution is -2.17. The highest BCUT2D eigenvalue weighted by molar-refractivity contribution is 7.71. The van der Waals surface area contributed by atoms with E-state index in [0.717, 1.165) is 16.7 Å². The van der Waals surface area contributed by atoms with Gasteiger partial charge in [-0.1, -0.05) is 42.0 Å². The van der Waals surface area contributed by atoms with Gasteiger partial charge in [0.05, 0.1) is 16.8 Å². The molecule has 0 unspecified atom stereocenters. The van der Waals surface area contributed by atoms with Crippen molar-refractivity contribution < 1.29 is 8.78 Å². The highest BCUT2D eigenvalue weighted by Gasteiger charge is 2.21. The highest BCUT2D eigenvalue weighted by atomic mass is 32.1. The monoisotopic (exact) mass is 423 g/mol. The molecule has 0 amide bonds. The Hall–Kier alpha value is -3.19. The van der Waals surface area contributed by atoms with E-state index < -0.39 is 12.0 Å². The molecule has 4 rings (SSSR count). The van der Waals surface area contributed by atoms with Crippen LogP contribution in [0.3, 0.4) is 0 Å². The molecule has 2 aromatic carbocycles. The fraction of sp³-hybridized carbons (Fsp3) is 0.174. The largest absolute Gasteiger partial charge is 0.298 e. The van der Waals surface area contributed by atoms with E-state index in [0.29, 0.717) is 16.9 Å². The van der Waals surface area contributed by atoms with Crippen molar-refractivity contribution in [2.75, 3.05) is 0 Å². The minimum atomic E-state index is -2.84. The molecule has 0 aliphatic heterocycles. The number of alkyl halides is 2. The summed E-state index contributed by atoms with van der Waals surface area (Å²) in [6, 6.07) is 14.5. The summed E-state index contributed by atoms with van der Waals surface area (Å²) in [5.74, 6) is 0. The molecule has 4 nitrogen and oxygen atoms in total. The van der Waals surface area contributed by atoms with E-state index in [4.69, 9.17) is 12.2 Å². The number of halogens is 2. The molecular weight excluding hydrogens is 404 g/mol. The Morgan fingerprint density at radius 1 is 1.00 bits per heavy atom. The van der Waals surface area contributed by atoms with Crippen LogP contribution in [0.2, 0.25) is 0 Å². The van der Waals surface area contributed by atoms with E-state index in [-0.39, 0.29) is 21.4 Å². The average Bonchev–Trinajstić information content (AvgIpc) is 2.70. The zero-order valence-corrected chi connectivity index (χ0v) is 17.5. The Labute approximate surface area is 176 Å². The molecule has 0 saturated carbocycles.